The zero-order chi connectivity index (χ0) is 26.5. The van der Waals surface area contributed by atoms with Gasteiger partial charge in [-0.15, -0.1) is 0 Å². The summed E-state index contributed by atoms with van der Waals surface area (Å²) in [6.07, 6.45) is 9.15. The number of nitrogens with one attached hydrogen (secondary N) is 1. The second-order valence-corrected chi connectivity index (χ2v) is 9.66. The van der Waals surface area contributed by atoms with Gasteiger partial charge in [-0.1, -0.05) is 60.8 Å². The number of nitrogens with zero attached hydrogens (tertiary/aromatic N) is 2. The lowest BCUT2D eigenvalue weighted by Crippen LogP contribution is -2.38. The first-order valence-corrected chi connectivity index (χ1v) is 13.3. The Morgan fingerprint density at radius 1 is 1.05 bits per heavy atom. The number of carboxylic acid groups (broad SMARTS) is 1. The number of carbonyl (C=O) groups is 2. The van der Waals surface area contributed by atoms with Crippen LogP contribution in [0.2, 0.25) is 0 Å². The number of rotatable bonds is 14. The fraction of sp³-hybridized carbons (Fsp3) is 0.483. The second-order valence-electron chi connectivity index (χ2n) is 9.66. The van der Waals surface area contributed by atoms with Crippen LogP contribution in [0.15, 0.2) is 53.7 Å². The Bertz CT molecular complexity index is 1040. The summed E-state index contributed by atoms with van der Waals surface area (Å²) in [4.78, 5) is 31.0. The zero-order valence-electron chi connectivity index (χ0n) is 21.8. The van der Waals surface area contributed by atoms with Crippen LogP contribution in [-0.2, 0) is 21.0 Å². The largest absolute Gasteiger partial charge is 0.480 e. The topological polar surface area (TPSA) is 117 Å². The van der Waals surface area contributed by atoms with Crippen LogP contribution < -0.4 is 11.1 Å². The van der Waals surface area contributed by atoms with Crippen LogP contribution in [0, 0.1) is 0 Å². The molecule has 8 nitrogen and oxygen atoms in total. The van der Waals surface area contributed by atoms with Crippen LogP contribution in [0.3, 0.4) is 0 Å². The minimum atomic E-state index is -0.921. The Hall–Kier alpha value is -3.39. The molecular weight excluding hydrogens is 468 g/mol. The maximum Gasteiger partial charge on any atom is 0.317 e. The van der Waals surface area contributed by atoms with Crippen LogP contribution in [0.4, 0.5) is 5.69 Å². The Kier molecular flexibility index (Phi) is 11.4. The van der Waals surface area contributed by atoms with Crippen molar-refractivity contribution in [1.82, 2.24) is 10.2 Å². The van der Waals surface area contributed by atoms with Crippen LogP contribution >= 0.6 is 0 Å². The maximum absolute atomic E-state index is 12.5. The highest BCUT2D eigenvalue weighted by atomic mass is 16.6. The van der Waals surface area contributed by atoms with Gasteiger partial charge in [0.1, 0.15) is 12.3 Å². The van der Waals surface area contributed by atoms with Crippen LogP contribution in [0.25, 0.3) is 0 Å². The van der Waals surface area contributed by atoms with Gasteiger partial charge in [-0.25, -0.2) is 0 Å². The number of hydrogen-bond acceptors (Lipinski definition) is 6. The molecule has 1 saturated carbocycles. The minimum Gasteiger partial charge on any atom is -0.480 e. The van der Waals surface area contributed by atoms with Crippen molar-refractivity contribution in [3.05, 3.63) is 65.2 Å². The molecule has 0 aliphatic heterocycles. The van der Waals surface area contributed by atoms with E-state index >= 15 is 0 Å². The third-order valence-corrected chi connectivity index (χ3v) is 6.85. The Morgan fingerprint density at radius 3 is 2.54 bits per heavy atom. The molecule has 2 aromatic carbocycles. The number of oxime groups is 1. The van der Waals surface area contributed by atoms with Gasteiger partial charge in [0.25, 0.3) is 0 Å². The highest BCUT2D eigenvalue weighted by Gasteiger charge is 2.21. The van der Waals surface area contributed by atoms with E-state index in [1.54, 1.807) is 6.07 Å². The molecule has 1 fully saturated rings. The summed E-state index contributed by atoms with van der Waals surface area (Å²) in [5.41, 5.74) is 9.92. The number of carbonyl (C=O) groups excluding carboxylic acids is 1. The van der Waals surface area contributed by atoms with Gasteiger partial charge in [-0.05, 0) is 49.8 Å². The molecule has 0 saturated heterocycles. The van der Waals surface area contributed by atoms with E-state index in [-0.39, 0.29) is 12.5 Å². The standard InChI is InChI=1S/C29H40N4O4/c1-33(25-13-7-3-8-14-25)27(34)15-9-4-10-18-37-32-29(22-11-5-2-6-12-22)23-16-17-26(30)24(19-23)20-31-21-28(35)36/h2,5-6,11-12,16-17,19,25,31H,3-4,7-10,13-15,18,20-21,30H2,1H3,(H,35,36)/b32-29+. The predicted octanol–water partition coefficient (Wildman–Crippen LogP) is 4.56. The highest BCUT2D eigenvalue weighted by molar-refractivity contribution is 6.12. The first-order chi connectivity index (χ1) is 18.0. The van der Waals surface area contributed by atoms with Crippen LogP contribution in [0.5, 0.6) is 0 Å². The third-order valence-electron chi connectivity index (χ3n) is 6.85. The first kappa shape index (κ1) is 28.2. The number of unbranched alkanes of at least 4 members (excludes halogenated alkanes) is 2. The smallest absolute Gasteiger partial charge is 0.317 e. The molecule has 1 aliphatic carbocycles. The number of nitrogens with two attached hydrogens (primary N) is 1. The molecule has 2 aromatic rings. The summed E-state index contributed by atoms with van der Waals surface area (Å²) in [7, 11) is 1.95. The second kappa shape index (κ2) is 15.0. The summed E-state index contributed by atoms with van der Waals surface area (Å²) >= 11 is 0. The summed E-state index contributed by atoms with van der Waals surface area (Å²) in [5, 5.41) is 16.2. The molecule has 0 bridgehead atoms. The molecular formula is C29H40N4O4. The van der Waals surface area contributed by atoms with Gasteiger partial charge in [0.15, 0.2) is 0 Å². The van der Waals surface area contributed by atoms with Gasteiger partial charge in [-0.2, -0.15) is 0 Å². The zero-order valence-corrected chi connectivity index (χ0v) is 21.8. The molecule has 0 heterocycles. The van der Waals surface area contributed by atoms with E-state index < -0.39 is 5.97 Å². The summed E-state index contributed by atoms with van der Waals surface area (Å²) in [5.74, 6) is -0.676. The lowest BCUT2D eigenvalue weighted by atomic mass is 9.94. The molecule has 37 heavy (non-hydrogen) atoms. The Morgan fingerprint density at radius 2 is 1.81 bits per heavy atom. The van der Waals surface area contributed by atoms with E-state index in [1.165, 1.54) is 19.3 Å². The van der Waals surface area contributed by atoms with Crippen LogP contribution in [0.1, 0.15) is 74.5 Å². The molecule has 3 rings (SSSR count). The quantitative estimate of drug-likeness (QED) is 0.149. The number of carboxylic acids is 1. The first-order valence-electron chi connectivity index (χ1n) is 13.3. The Balaban J connectivity index is 1.52. The van der Waals surface area contributed by atoms with E-state index in [9.17, 15) is 9.59 Å². The number of anilines is 1. The molecule has 0 spiro atoms. The predicted molar refractivity (Wildman–Crippen MR) is 146 cm³/mol. The Labute approximate surface area is 219 Å². The summed E-state index contributed by atoms with van der Waals surface area (Å²) in [6, 6.07) is 15.8. The number of aliphatic carboxylic acids is 1. The van der Waals surface area contributed by atoms with E-state index in [0.29, 0.717) is 37.0 Å². The molecule has 0 aromatic heterocycles. The van der Waals surface area contributed by atoms with Crippen molar-refractivity contribution in [3.63, 3.8) is 0 Å². The van der Waals surface area contributed by atoms with Crippen molar-refractivity contribution in [3.8, 4) is 0 Å². The molecule has 1 amide bonds. The third kappa shape index (κ3) is 9.21. The SMILES string of the molecule is CN(C(=O)CCCCCO/N=C(\c1ccccc1)c1ccc(N)c(CNCC(=O)O)c1)C1CCCCC1. The lowest BCUT2D eigenvalue weighted by molar-refractivity contribution is -0.136. The number of benzene rings is 2. The average Bonchev–Trinajstić information content (AvgIpc) is 2.91. The van der Waals surface area contributed by atoms with E-state index in [4.69, 9.17) is 15.7 Å². The molecule has 8 heteroatoms. The van der Waals surface area contributed by atoms with Crippen molar-refractivity contribution in [2.45, 2.75) is 70.4 Å². The molecule has 0 radical (unpaired) electrons. The monoisotopic (exact) mass is 508 g/mol. The van der Waals surface area contributed by atoms with Gasteiger partial charge in [0.05, 0.1) is 6.54 Å². The van der Waals surface area contributed by atoms with Crippen molar-refractivity contribution >= 4 is 23.3 Å². The van der Waals surface area contributed by atoms with Crippen molar-refractivity contribution in [2.75, 3.05) is 25.9 Å². The van der Waals surface area contributed by atoms with Crippen LogP contribution in [-0.4, -0.2) is 53.8 Å². The van der Waals surface area contributed by atoms with Crippen molar-refractivity contribution < 1.29 is 19.5 Å². The summed E-state index contributed by atoms with van der Waals surface area (Å²) < 4.78 is 0. The normalized spacial score (nSPS) is 14.4. The van der Waals surface area contributed by atoms with E-state index in [2.05, 4.69) is 10.5 Å². The molecule has 0 atom stereocenters. The fourth-order valence-corrected chi connectivity index (χ4v) is 4.66. The molecule has 1 aliphatic rings. The number of nitrogen functional groups attached to an aromatic ring is 1. The highest BCUT2D eigenvalue weighted by Crippen LogP contribution is 2.22. The van der Waals surface area contributed by atoms with E-state index in [0.717, 1.165) is 48.8 Å². The van der Waals surface area contributed by atoms with Gasteiger partial charge in [-0.3, -0.25) is 9.59 Å². The van der Waals surface area contributed by atoms with Crippen molar-refractivity contribution in [1.29, 1.82) is 0 Å². The molecule has 200 valence electrons. The van der Waals surface area contributed by atoms with Crippen molar-refractivity contribution in [2.24, 2.45) is 5.16 Å². The molecule has 4 N–H and O–H groups in total. The lowest BCUT2D eigenvalue weighted by Gasteiger charge is -2.31. The van der Waals surface area contributed by atoms with Gasteiger partial charge in [0.2, 0.25) is 5.91 Å². The van der Waals surface area contributed by atoms with Gasteiger partial charge in [0, 0.05) is 42.9 Å². The van der Waals surface area contributed by atoms with Gasteiger partial charge < -0.3 is 25.9 Å². The fourth-order valence-electron chi connectivity index (χ4n) is 4.66. The number of amides is 1. The minimum absolute atomic E-state index is 0.144. The average molecular weight is 509 g/mol. The summed E-state index contributed by atoms with van der Waals surface area (Å²) in [6.45, 7) is 0.656. The maximum atomic E-state index is 12.5. The van der Waals surface area contributed by atoms with Gasteiger partial charge >= 0.3 is 5.97 Å². The molecule has 0 unspecified atom stereocenters. The van der Waals surface area contributed by atoms with E-state index in [1.807, 2.05) is 54.4 Å². The number of hydrogen-bond donors (Lipinski definition) is 3.